The summed E-state index contributed by atoms with van der Waals surface area (Å²) >= 11 is 6.06. The third-order valence-corrected chi connectivity index (χ3v) is 3.43. The largest absolute Gasteiger partial charge is 0.496 e. The first-order chi connectivity index (χ1) is 10.1. The van der Waals surface area contributed by atoms with E-state index in [0.29, 0.717) is 11.6 Å². The summed E-state index contributed by atoms with van der Waals surface area (Å²) < 4.78 is 5.29. The summed E-state index contributed by atoms with van der Waals surface area (Å²) in [5, 5.41) is 12.5. The molecule has 0 aliphatic heterocycles. The standard InChI is InChI=1S/C16H16ClNO3/c1-21-15-5-3-2-4-11(15)8-9-18-14-7-6-12(16(19)20)10-13(14)17/h2-7,10,18H,8-9H2,1H3,(H,19,20). The van der Waals surface area contributed by atoms with E-state index < -0.39 is 5.97 Å². The van der Waals surface area contributed by atoms with Gasteiger partial charge in [-0.25, -0.2) is 4.79 Å². The zero-order valence-electron chi connectivity index (χ0n) is 11.6. The zero-order valence-corrected chi connectivity index (χ0v) is 12.4. The maximum Gasteiger partial charge on any atom is 0.335 e. The van der Waals surface area contributed by atoms with E-state index in [0.717, 1.165) is 23.4 Å². The maximum absolute atomic E-state index is 10.8. The van der Waals surface area contributed by atoms with E-state index in [1.807, 2.05) is 24.3 Å². The van der Waals surface area contributed by atoms with Crippen molar-refractivity contribution in [3.63, 3.8) is 0 Å². The lowest BCUT2D eigenvalue weighted by atomic mass is 10.1. The fourth-order valence-corrected chi connectivity index (χ4v) is 2.28. The Balaban J connectivity index is 1.99. The van der Waals surface area contributed by atoms with Gasteiger partial charge in [0.2, 0.25) is 0 Å². The second kappa shape index (κ2) is 6.99. The van der Waals surface area contributed by atoms with Gasteiger partial charge in [0.25, 0.3) is 0 Å². The van der Waals surface area contributed by atoms with Crippen LogP contribution in [0, 0.1) is 0 Å². The number of carboxylic acid groups (broad SMARTS) is 1. The van der Waals surface area contributed by atoms with Crippen LogP contribution in [0.2, 0.25) is 5.02 Å². The molecule has 0 bridgehead atoms. The number of rotatable bonds is 6. The van der Waals surface area contributed by atoms with Gasteiger partial charge in [0.15, 0.2) is 0 Å². The number of hydrogen-bond donors (Lipinski definition) is 2. The molecule has 21 heavy (non-hydrogen) atoms. The monoisotopic (exact) mass is 305 g/mol. The van der Waals surface area contributed by atoms with Gasteiger partial charge in [-0.15, -0.1) is 0 Å². The summed E-state index contributed by atoms with van der Waals surface area (Å²) in [6.45, 7) is 0.673. The lowest BCUT2D eigenvalue weighted by Crippen LogP contribution is -2.07. The molecule has 0 fully saturated rings. The predicted molar refractivity (Wildman–Crippen MR) is 83.6 cm³/mol. The first-order valence-electron chi connectivity index (χ1n) is 6.50. The van der Waals surface area contributed by atoms with Gasteiger partial charge in [0.1, 0.15) is 5.75 Å². The second-order valence-electron chi connectivity index (χ2n) is 4.49. The Morgan fingerprint density at radius 1 is 1.29 bits per heavy atom. The SMILES string of the molecule is COc1ccccc1CCNc1ccc(C(=O)O)cc1Cl. The molecule has 0 atom stereocenters. The van der Waals surface area contributed by atoms with Crippen LogP contribution in [0.3, 0.4) is 0 Å². The van der Waals surface area contributed by atoms with Crippen molar-refractivity contribution in [2.75, 3.05) is 19.0 Å². The van der Waals surface area contributed by atoms with Gasteiger partial charge >= 0.3 is 5.97 Å². The minimum absolute atomic E-state index is 0.176. The van der Waals surface area contributed by atoms with Crippen LogP contribution in [-0.2, 0) is 6.42 Å². The zero-order chi connectivity index (χ0) is 15.2. The number of para-hydroxylation sites is 1. The first kappa shape index (κ1) is 15.2. The van der Waals surface area contributed by atoms with Gasteiger partial charge in [0.05, 0.1) is 23.4 Å². The van der Waals surface area contributed by atoms with E-state index in [9.17, 15) is 4.79 Å². The van der Waals surface area contributed by atoms with Crippen molar-refractivity contribution in [3.8, 4) is 5.75 Å². The molecule has 2 rings (SSSR count). The molecular formula is C16H16ClNO3. The average Bonchev–Trinajstić information content (AvgIpc) is 2.49. The van der Waals surface area contributed by atoms with Crippen molar-refractivity contribution in [3.05, 3.63) is 58.6 Å². The third kappa shape index (κ3) is 3.89. The number of nitrogens with one attached hydrogen (secondary N) is 1. The number of anilines is 1. The molecule has 0 aliphatic carbocycles. The van der Waals surface area contributed by atoms with Crippen LogP contribution in [0.15, 0.2) is 42.5 Å². The molecule has 0 aromatic heterocycles. The Morgan fingerprint density at radius 3 is 2.71 bits per heavy atom. The van der Waals surface area contributed by atoms with Gasteiger partial charge < -0.3 is 15.2 Å². The van der Waals surface area contributed by atoms with Crippen LogP contribution in [0.25, 0.3) is 0 Å². The molecule has 0 aliphatic rings. The quantitative estimate of drug-likeness (QED) is 0.854. The van der Waals surface area contributed by atoms with E-state index in [1.54, 1.807) is 13.2 Å². The Hall–Kier alpha value is -2.20. The molecule has 0 saturated heterocycles. The van der Waals surface area contributed by atoms with Crippen molar-refractivity contribution in [1.82, 2.24) is 0 Å². The minimum Gasteiger partial charge on any atom is -0.496 e. The van der Waals surface area contributed by atoms with E-state index in [2.05, 4.69) is 5.32 Å². The van der Waals surface area contributed by atoms with Crippen LogP contribution >= 0.6 is 11.6 Å². The molecule has 110 valence electrons. The van der Waals surface area contributed by atoms with Crippen molar-refractivity contribution < 1.29 is 14.6 Å². The molecule has 2 aromatic carbocycles. The van der Waals surface area contributed by atoms with E-state index in [1.165, 1.54) is 12.1 Å². The fraction of sp³-hybridized carbons (Fsp3) is 0.188. The first-order valence-corrected chi connectivity index (χ1v) is 6.88. The average molecular weight is 306 g/mol. The summed E-state index contributed by atoms with van der Waals surface area (Å²) in [6, 6.07) is 12.5. The number of methoxy groups -OCH3 is 1. The number of carboxylic acids is 1. The Morgan fingerprint density at radius 2 is 2.05 bits per heavy atom. The minimum atomic E-state index is -0.988. The van der Waals surface area contributed by atoms with Gasteiger partial charge in [0, 0.05) is 6.54 Å². The fourth-order valence-electron chi connectivity index (χ4n) is 2.03. The Kier molecular flexibility index (Phi) is 5.06. The van der Waals surface area contributed by atoms with Crippen LogP contribution in [-0.4, -0.2) is 24.7 Å². The third-order valence-electron chi connectivity index (χ3n) is 3.12. The number of ether oxygens (including phenoxy) is 1. The summed E-state index contributed by atoms with van der Waals surface area (Å²) in [5.74, 6) is -0.135. The molecule has 0 saturated carbocycles. The van der Waals surface area contributed by atoms with Gasteiger partial charge in [-0.2, -0.15) is 0 Å². The predicted octanol–water partition coefficient (Wildman–Crippen LogP) is 3.70. The Labute approximate surface area is 128 Å². The molecule has 2 N–H and O–H groups in total. The van der Waals surface area contributed by atoms with Crippen LogP contribution < -0.4 is 10.1 Å². The lowest BCUT2D eigenvalue weighted by molar-refractivity contribution is 0.0697. The molecule has 0 heterocycles. The molecule has 0 spiro atoms. The van der Waals surface area contributed by atoms with Crippen molar-refractivity contribution in [2.24, 2.45) is 0 Å². The molecular weight excluding hydrogens is 290 g/mol. The second-order valence-corrected chi connectivity index (χ2v) is 4.90. The van der Waals surface area contributed by atoms with Gasteiger partial charge in [-0.1, -0.05) is 29.8 Å². The summed E-state index contributed by atoms with van der Waals surface area (Å²) in [4.78, 5) is 10.8. The highest BCUT2D eigenvalue weighted by Gasteiger charge is 2.07. The highest BCUT2D eigenvalue weighted by Crippen LogP contribution is 2.24. The number of hydrogen-bond acceptors (Lipinski definition) is 3. The number of carbonyl (C=O) groups is 1. The van der Waals surface area contributed by atoms with Crippen LogP contribution in [0.5, 0.6) is 5.75 Å². The Bertz CT molecular complexity index is 643. The topological polar surface area (TPSA) is 58.6 Å². The van der Waals surface area contributed by atoms with Crippen LogP contribution in [0.4, 0.5) is 5.69 Å². The van der Waals surface area contributed by atoms with Crippen molar-refractivity contribution in [2.45, 2.75) is 6.42 Å². The maximum atomic E-state index is 10.8. The number of aromatic carboxylic acids is 1. The van der Waals surface area contributed by atoms with Gasteiger partial charge in [-0.05, 0) is 36.2 Å². The highest BCUT2D eigenvalue weighted by molar-refractivity contribution is 6.33. The summed E-state index contributed by atoms with van der Waals surface area (Å²) in [6.07, 6.45) is 0.779. The molecule has 0 amide bonds. The van der Waals surface area contributed by atoms with E-state index in [-0.39, 0.29) is 5.56 Å². The number of halogens is 1. The summed E-state index contributed by atoms with van der Waals surface area (Å²) in [7, 11) is 1.65. The molecule has 5 heteroatoms. The molecule has 2 aromatic rings. The molecule has 0 unspecified atom stereocenters. The van der Waals surface area contributed by atoms with E-state index >= 15 is 0 Å². The van der Waals surface area contributed by atoms with Crippen LogP contribution in [0.1, 0.15) is 15.9 Å². The normalized spacial score (nSPS) is 10.2. The van der Waals surface area contributed by atoms with Crippen molar-refractivity contribution in [1.29, 1.82) is 0 Å². The number of benzene rings is 2. The smallest absolute Gasteiger partial charge is 0.335 e. The summed E-state index contributed by atoms with van der Waals surface area (Å²) in [5.41, 5.74) is 2.00. The molecule has 4 nitrogen and oxygen atoms in total. The van der Waals surface area contributed by atoms with Gasteiger partial charge in [-0.3, -0.25) is 0 Å². The van der Waals surface area contributed by atoms with E-state index in [4.69, 9.17) is 21.4 Å². The van der Waals surface area contributed by atoms with Crippen molar-refractivity contribution >= 4 is 23.3 Å². The lowest BCUT2D eigenvalue weighted by Gasteiger charge is -2.11. The molecule has 0 radical (unpaired) electrons. The highest BCUT2D eigenvalue weighted by atomic mass is 35.5.